The van der Waals surface area contributed by atoms with E-state index in [0.717, 1.165) is 57.8 Å². The fraction of sp³-hybridized carbons (Fsp3) is 0.875. The zero-order chi connectivity index (χ0) is 49.9. The summed E-state index contributed by atoms with van der Waals surface area (Å²) in [4.78, 5) is 24.5. The van der Waals surface area contributed by atoms with Crippen molar-refractivity contribution in [1.29, 1.82) is 0 Å². The van der Waals surface area contributed by atoms with Crippen LogP contribution in [0.4, 0.5) is 0 Å². The fourth-order valence-electron chi connectivity index (χ4n) is 9.51. The maximum Gasteiger partial charge on any atom is 0.306 e. The molecule has 0 saturated heterocycles. The number of carbonyl (C=O) groups excluding carboxylic acids is 2. The van der Waals surface area contributed by atoms with E-state index >= 15 is 0 Å². The molecule has 1 N–H and O–H groups in total. The molecular formula is C64H120O5. The van der Waals surface area contributed by atoms with Crippen molar-refractivity contribution in [2.45, 2.75) is 347 Å². The average molecular weight is 970 g/mol. The number of rotatable bonds is 58. The van der Waals surface area contributed by atoms with Crippen LogP contribution < -0.4 is 0 Å². The van der Waals surface area contributed by atoms with Gasteiger partial charge in [0.15, 0.2) is 6.10 Å². The van der Waals surface area contributed by atoms with Crippen LogP contribution in [0.3, 0.4) is 0 Å². The van der Waals surface area contributed by atoms with Gasteiger partial charge in [-0.1, -0.05) is 314 Å². The summed E-state index contributed by atoms with van der Waals surface area (Å²) < 4.78 is 10.7. The highest BCUT2D eigenvalue weighted by atomic mass is 16.6. The molecule has 1 unspecified atom stereocenters. The van der Waals surface area contributed by atoms with E-state index in [1.54, 1.807) is 0 Å². The molecule has 0 aliphatic rings. The van der Waals surface area contributed by atoms with Crippen LogP contribution in [0, 0.1) is 0 Å². The molecule has 5 nitrogen and oxygen atoms in total. The second kappa shape index (κ2) is 60.4. The monoisotopic (exact) mass is 969 g/mol. The van der Waals surface area contributed by atoms with Crippen LogP contribution in [0.2, 0.25) is 0 Å². The molecular weight excluding hydrogens is 849 g/mol. The third-order valence-corrected chi connectivity index (χ3v) is 14.2. The summed E-state index contributed by atoms with van der Waals surface area (Å²) in [5.74, 6) is -0.589. The molecule has 1 atom stereocenters. The van der Waals surface area contributed by atoms with Gasteiger partial charge in [-0.2, -0.15) is 0 Å². The topological polar surface area (TPSA) is 72.8 Å². The van der Waals surface area contributed by atoms with E-state index in [9.17, 15) is 14.7 Å². The van der Waals surface area contributed by atoms with Gasteiger partial charge in [0.05, 0.1) is 6.61 Å². The van der Waals surface area contributed by atoms with Gasteiger partial charge in [0.25, 0.3) is 0 Å². The number of carbonyl (C=O) groups is 2. The van der Waals surface area contributed by atoms with Crippen molar-refractivity contribution >= 4 is 11.9 Å². The van der Waals surface area contributed by atoms with Gasteiger partial charge < -0.3 is 14.6 Å². The Morgan fingerprint density at radius 1 is 0.333 bits per heavy atom. The number of allylic oxidation sites excluding steroid dienone is 6. The predicted molar refractivity (Wildman–Crippen MR) is 302 cm³/mol. The summed E-state index contributed by atoms with van der Waals surface area (Å²) in [5.41, 5.74) is 0. The highest BCUT2D eigenvalue weighted by molar-refractivity contribution is 5.70. The Balaban J connectivity index is 3.38. The molecule has 0 aliphatic heterocycles. The lowest BCUT2D eigenvalue weighted by atomic mass is 10.0. The molecule has 0 radical (unpaired) electrons. The van der Waals surface area contributed by atoms with Crippen molar-refractivity contribution < 1.29 is 24.2 Å². The largest absolute Gasteiger partial charge is 0.462 e. The first-order valence-corrected chi connectivity index (χ1v) is 31.0. The summed E-state index contributed by atoms with van der Waals surface area (Å²) in [6.07, 6.45) is 78.7. The van der Waals surface area contributed by atoms with E-state index in [1.165, 1.54) is 257 Å². The second-order valence-electron chi connectivity index (χ2n) is 21.1. The first-order valence-electron chi connectivity index (χ1n) is 31.0. The molecule has 0 bridgehead atoms. The number of unbranched alkanes of at least 4 members (excludes halogenated alkanes) is 44. The molecule has 0 aromatic heterocycles. The minimum Gasteiger partial charge on any atom is -0.462 e. The highest BCUT2D eigenvalue weighted by Crippen LogP contribution is 2.18. The number of hydrogen-bond acceptors (Lipinski definition) is 5. The average Bonchev–Trinajstić information content (AvgIpc) is 3.35. The van der Waals surface area contributed by atoms with E-state index < -0.39 is 6.10 Å². The van der Waals surface area contributed by atoms with Crippen LogP contribution in [-0.2, 0) is 19.1 Å². The standard InChI is InChI=1S/C64H120O5/c1-3-5-7-9-11-13-15-17-19-21-23-24-25-26-27-28-29-30-31-32-33-34-35-36-37-38-39-41-42-44-46-48-50-52-54-56-58-63(66)68-61-62(60-65)69-64(67)59-57-55-53-51-49-47-45-43-40-22-20-18-16-14-12-10-8-6-4-2/h12,14,18,20,40,43,62,65H,3-11,13,15-17,19,21-39,41-42,44-61H2,1-2H3/b14-12-,20-18-,43-40-. The van der Waals surface area contributed by atoms with E-state index in [2.05, 4.69) is 50.3 Å². The summed E-state index contributed by atoms with van der Waals surface area (Å²) in [6.45, 7) is 4.15. The number of hydrogen-bond donors (Lipinski definition) is 1. The Morgan fingerprint density at radius 3 is 0.899 bits per heavy atom. The van der Waals surface area contributed by atoms with Crippen LogP contribution in [-0.4, -0.2) is 36.4 Å². The molecule has 69 heavy (non-hydrogen) atoms. The number of aliphatic hydroxyl groups excluding tert-OH is 1. The molecule has 0 aliphatic carbocycles. The molecule has 0 aromatic carbocycles. The van der Waals surface area contributed by atoms with E-state index in [0.29, 0.717) is 12.8 Å². The molecule has 5 heteroatoms. The molecule has 0 spiro atoms. The maximum atomic E-state index is 12.3. The molecule has 0 aromatic rings. The lowest BCUT2D eigenvalue weighted by Crippen LogP contribution is -2.28. The van der Waals surface area contributed by atoms with E-state index in [1.807, 2.05) is 0 Å². The van der Waals surface area contributed by atoms with Gasteiger partial charge in [0.2, 0.25) is 0 Å². The van der Waals surface area contributed by atoms with Crippen LogP contribution in [0.25, 0.3) is 0 Å². The lowest BCUT2D eigenvalue weighted by molar-refractivity contribution is -0.161. The number of ether oxygens (including phenoxy) is 2. The summed E-state index contributed by atoms with van der Waals surface area (Å²) in [7, 11) is 0. The Kier molecular flexibility index (Phi) is 58.8. The zero-order valence-electron chi connectivity index (χ0n) is 46.6. The maximum absolute atomic E-state index is 12.3. The third-order valence-electron chi connectivity index (χ3n) is 14.2. The Labute approximate surface area is 431 Å². The Bertz CT molecular complexity index is 1100. The summed E-state index contributed by atoms with van der Waals surface area (Å²) in [5, 5.41) is 9.65. The molecule has 0 fully saturated rings. The van der Waals surface area contributed by atoms with Gasteiger partial charge in [-0.05, 0) is 51.4 Å². The van der Waals surface area contributed by atoms with Crippen LogP contribution in [0.5, 0.6) is 0 Å². The van der Waals surface area contributed by atoms with Gasteiger partial charge in [0, 0.05) is 12.8 Å². The number of aliphatic hydroxyl groups is 1. The van der Waals surface area contributed by atoms with Crippen molar-refractivity contribution in [3.63, 3.8) is 0 Å². The molecule has 0 amide bonds. The molecule has 406 valence electrons. The minimum atomic E-state index is -0.778. The van der Waals surface area contributed by atoms with E-state index in [4.69, 9.17) is 9.47 Å². The summed E-state index contributed by atoms with van der Waals surface area (Å²) >= 11 is 0. The van der Waals surface area contributed by atoms with Gasteiger partial charge in [0.1, 0.15) is 6.61 Å². The van der Waals surface area contributed by atoms with Crippen molar-refractivity contribution in [2.24, 2.45) is 0 Å². The van der Waals surface area contributed by atoms with Gasteiger partial charge in [-0.3, -0.25) is 9.59 Å². The zero-order valence-corrected chi connectivity index (χ0v) is 46.6. The highest BCUT2D eigenvalue weighted by Gasteiger charge is 2.16. The molecule has 0 saturated carbocycles. The van der Waals surface area contributed by atoms with E-state index in [-0.39, 0.29) is 25.2 Å². The Morgan fingerprint density at radius 2 is 0.580 bits per heavy atom. The number of esters is 2. The smallest absolute Gasteiger partial charge is 0.306 e. The van der Waals surface area contributed by atoms with Crippen molar-refractivity contribution in [3.8, 4) is 0 Å². The third kappa shape index (κ3) is 58.6. The fourth-order valence-corrected chi connectivity index (χ4v) is 9.51. The minimum absolute atomic E-state index is 0.0674. The van der Waals surface area contributed by atoms with Gasteiger partial charge >= 0.3 is 11.9 Å². The Hall–Kier alpha value is -1.88. The summed E-state index contributed by atoms with van der Waals surface area (Å²) in [6, 6.07) is 0. The van der Waals surface area contributed by atoms with Gasteiger partial charge in [-0.25, -0.2) is 0 Å². The van der Waals surface area contributed by atoms with Crippen LogP contribution in [0.15, 0.2) is 36.5 Å². The normalized spacial score (nSPS) is 12.3. The van der Waals surface area contributed by atoms with Crippen molar-refractivity contribution in [2.75, 3.05) is 13.2 Å². The quantitative estimate of drug-likeness (QED) is 0.0373. The second-order valence-corrected chi connectivity index (χ2v) is 21.1. The first-order chi connectivity index (χ1) is 34.1. The van der Waals surface area contributed by atoms with Crippen LogP contribution >= 0.6 is 0 Å². The van der Waals surface area contributed by atoms with Gasteiger partial charge in [-0.15, -0.1) is 0 Å². The van der Waals surface area contributed by atoms with Crippen molar-refractivity contribution in [3.05, 3.63) is 36.5 Å². The molecule has 0 rings (SSSR count). The van der Waals surface area contributed by atoms with Crippen molar-refractivity contribution in [1.82, 2.24) is 0 Å². The SMILES string of the molecule is CCCCC/C=C\C/C=C\C/C=C\CCCCCCCCC(=O)OC(CO)COC(=O)CCCCCCCCCCCCCCCCCCCCCCCCCCCCCCCCCCCCCC. The molecule has 0 heterocycles. The lowest BCUT2D eigenvalue weighted by Gasteiger charge is -2.15. The first kappa shape index (κ1) is 67.1. The predicted octanol–water partition coefficient (Wildman–Crippen LogP) is 21.0. The van der Waals surface area contributed by atoms with Crippen LogP contribution in [0.1, 0.15) is 341 Å².